The predicted molar refractivity (Wildman–Crippen MR) is 86.3 cm³/mol. The summed E-state index contributed by atoms with van der Waals surface area (Å²) in [6.45, 7) is 2.45. The standard InChI is InChI=1S/C17H23N3O2/c1-19(2)7-4-6-18-17(22)14-9-12-5-3-8-20-15(21)11-13(10-14)16(12)20/h9-10H,3-8,11H2,1-2H3,(H,18,22). The molecule has 0 spiro atoms. The molecule has 0 saturated carbocycles. The average Bonchev–Trinajstić information content (AvgIpc) is 2.81. The molecular weight excluding hydrogens is 278 g/mol. The van der Waals surface area contributed by atoms with E-state index in [9.17, 15) is 9.59 Å². The van der Waals surface area contributed by atoms with Crippen LogP contribution in [0.3, 0.4) is 0 Å². The summed E-state index contributed by atoms with van der Waals surface area (Å²) in [5.74, 6) is 0.133. The summed E-state index contributed by atoms with van der Waals surface area (Å²) in [5.41, 5.74) is 3.92. The minimum Gasteiger partial charge on any atom is -0.352 e. The number of anilines is 1. The number of rotatable bonds is 5. The van der Waals surface area contributed by atoms with Crippen molar-refractivity contribution in [2.45, 2.75) is 25.7 Å². The van der Waals surface area contributed by atoms with Gasteiger partial charge in [0.2, 0.25) is 5.91 Å². The van der Waals surface area contributed by atoms with Crippen LogP contribution in [0.5, 0.6) is 0 Å². The number of hydrogen-bond donors (Lipinski definition) is 1. The number of amides is 2. The number of aryl methyl sites for hydroxylation is 1. The van der Waals surface area contributed by atoms with Crippen molar-refractivity contribution in [2.75, 3.05) is 38.6 Å². The molecule has 0 atom stereocenters. The number of nitrogens with one attached hydrogen (secondary N) is 1. The zero-order valence-electron chi connectivity index (χ0n) is 13.3. The van der Waals surface area contributed by atoms with Gasteiger partial charge in [0, 0.05) is 18.7 Å². The molecule has 118 valence electrons. The fraction of sp³-hybridized carbons (Fsp3) is 0.529. The van der Waals surface area contributed by atoms with Gasteiger partial charge >= 0.3 is 0 Å². The van der Waals surface area contributed by atoms with E-state index in [0.717, 1.165) is 49.2 Å². The van der Waals surface area contributed by atoms with E-state index in [-0.39, 0.29) is 11.8 Å². The van der Waals surface area contributed by atoms with E-state index >= 15 is 0 Å². The highest BCUT2D eigenvalue weighted by Gasteiger charge is 2.32. The number of nitrogens with zero attached hydrogens (tertiary/aromatic N) is 2. The van der Waals surface area contributed by atoms with Crippen LogP contribution in [0.4, 0.5) is 5.69 Å². The maximum atomic E-state index is 12.3. The molecule has 0 bridgehead atoms. The Hall–Kier alpha value is -1.88. The van der Waals surface area contributed by atoms with Crippen LogP contribution >= 0.6 is 0 Å². The van der Waals surface area contributed by atoms with Gasteiger partial charge in [-0.1, -0.05) is 0 Å². The van der Waals surface area contributed by atoms with Gasteiger partial charge in [0.25, 0.3) is 5.91 Å². The quantitative estimate of drug-likeness (QED) is 0.832. The highest BCUT2D eigenvalue weighted by atomic mass is 16.2. The third kappa shape index (κ3) is 2.86. The van der Waals surface area contributed by atoms with E-state index in [1.165, 1.54) is 0 Å². The Morgan fingerprint density at radius 3 is 2.86 bits per heavy atom. The van der Waals surface area contributed by atoms with Crippen molar-refractivity contribution in [2.24, 2.45) is 0 Å². The second-order valence-corrected chi connectivity index (χ2v) is 6.38. The summed E-state index contributed by atoms with van der Waals surface area (Å²) < 4.78 is 0. The van der Waals surface area contributed by atoms with Gasteiger partial charge in [-0.05, 0) is 63.2 Å². The molecule has 2 aliphatic rings. The van der Waals surface area contributed by atoms with Crippen LogP contribution in [0.1, 0.15) is 34.3 Å². The summed E-state index contributed by atoms with van der Waals surface area (Å²) in [7, 11) is 4.05. The first-order chi connectivity index (χ1) is 10.6. The molecule has 0 aromatic heterocycles. The molecule has 0 unspecified atom stereocenters. The average molecular weight is 301 g/mol. The molecule has 5 nitrogen and oxygen atoms in total. The Morgan fingerprint density at radius 2 is 2.09 bits per heavy atom. The van der Waals surface area contributed by atoms with E-state index in [1.54, 1.807) is 0 Å². The lowest BCUT2D eigenvalue weighted by molar-refractivity contribution is -0.117. The molecule has 1 aromatic carbocycles. The van der Waals surface area contributed by atoms with Crippen molar-refractivity contribution in [1.29, 1.82) is 0 Å². The second kappa shape index (κ2) is 6.08. The molecule has 0 radical (unpaired) electrons. The van der Waals surface area contributed by atoms with Crippen molar-refractivity contribution in [3.63, 3.8) is 0 Å². The Morgan fingerprint density at radius 1 is 1.32 bits per heavy atom. The summed E-state index contributed by atoms with van der Waals surface area (Å²) in [6.07, 6.45) is 3.30. The predicted octanol–water partition coefficient (Wildman–Crippen LogP) is 1.20. The van der Waals surface area contributed by atoms with E-state index < -0.39 is 0 Å². The Balaban J connectivity index is 1.72. The Bertz CT molecular complexity index is 610. The summed E-state index contributed by atoms with van der Waals surface area (Å²) >= 11 is 0. The van der Waals surface area contributed by atoms with Gasteiger partial charge in [0.1, 0.15) is 0 Å². The SMILES string of the molecule is CN(C)CCCNC(=O)c1cc2c3c(c1)CC(=O)N3CCC2. The van der Waals surface area contributed by atoms with Crippen molar-refractivity contribution in [3.05, 3.63) is 28.8 Å². The number of benzene rings is 1. The Kier molecular flexibility index (Phi) is 4.16. The molecule has 0 saturated heterocycles. The van der Waals surface area contributed by atoms with E-state index in [0.29, 0.717) is 18.5 Å². The van der Waals surface area contributed by atoms with E-state index in [2.05, 4.69) is 10.2 Å². The fourth-order valence-corrected chi connectivity index (χ4v) is 3.31. The Labute approximate surface area is 131 Å². The molecule has 2 heterocycles. The molecule has 1 N–H and O–H groups in total. The number of carbonyl (C=O) groups is 2. The van der Waals surface area contributed by atoms with Crippen LogP contribution in [-0.4, -0.2) is 50.4 Å². The summed E-state index contributed by atoms with van der Waals surface area (Å²) in [4.78, 5) is 28.3. The van der Waals surface area contributed by atoms with Gasteiger partial charge in [-0.15, -0.1) is 0 Å². The molecule has 0 aliphatic carbocycles. The molecule has 3 rings (SSSR count). The normalized spacial score (nSPS) is 16.1. The van der Waals surface area contributed by atoms with Gasteiger partial charge in [-0.25, -0.2) is 0 Å². The van der Waals surface area contributed by atoms with Crippen LogP contribution in [0.2, 0.25) is 0 Å². The van der Waals surface area contributed by atoms with Crippen molar-refractivity contribution in [3.8, 4) is 0 Å². The largest absolute Gasteiger partial charge is 0.352 e. The molecular formula is C17H23N3O2. The van der Waals surface area contributed by atoms with Crippen LogP contribution < -0.4 is 10.2 Å². The minimum atomic E-state index is -0.0331. The molecule has 0 fully saturated rings. The zero-order valence-corrected chi connectivity index (χ0v) is 13.3. The molecule has 2 aliphatic heterocycles. The highest BCUT2D eigenvalue weighted by molar-refractivity contribution is 6.04. The van der Waals surface area contributed by atoms with Gasteiger partial charge in [-0.2, -0.15) is 0 Å². The van der Waals surface area contributed by atoms with Crippen LogP contribution in [0.15, 0.2) is 12.1 Å². The lowest BCUT2D eigenvalue weighted by Gasteiger charge is -2.25. The molecule has 5 heteroatoms. The van der Waals surface area contributed by atoms with Gasteiger partial charge < -0.3 is 15.1 Å². The molecule has 2 amide bonds. The number of hydrogen-bond acceptors (Lipinski definition) is 3. The van der Waals surface area contributed by atoms with E-state index in [1.807, 2.05) is 31.1 Å². The van der Waals surface area contributed by atoms with Gasteiger partial charge in [-0.3, -0.25) is 9.59 Å². The third-order valence-electron chi connectivity index (χ3n) is 4.34. The first-order valence-electron chi connectivity index (χ1n) is 7.95. The molecule has 22 heavy (non-hydrogen) atoms. The summed E-state index contributed by atoms with van der Waals surface area (Å²) in [5, 5.41) is 2.97. The minimum absolute atomic E-state index is 0.0331. The van der Waals surface area contributed by atoms with Crippen molar-refractivity contribution < 1.29 is 9.59 Å². The van der Waals surface area contributed by atoms with Crippen molar-refractivity contribution >= 4 is 17.5 Å². The topological polar surface area (TPSA) is 52.7 Å². The maximum Gasteiger partial charge on any atom is 0.251 e. The van der Waals surface area contributed by atoms with Gasteiger partial charge in [0.05, 0.1) is 12.1 Å². The summed E-state index contributed by atoms with van der Waals surface area (Å²) in [6, 6.07) is 3.86. The third-order valence-corrected chi connectivity index (χ3v) is 4.34. The van der Waals surface area contributed by atoms with Crippen LogP contribution in [-0.2, 0) is 17.6 Å². The maximum absolute atomic E-state index is 12.3. The number of carbonyl (C=O) groups excluding carboxylic acids is 2. The van der Waals surface area contributed by atoms with Crippen LogP contribution in [0.25, 0.3) is 0 Å². The smallest absolute Gasteiger partial charge is 0.251 e. The van der Waals surface area contributed by atoms with E-state index in [4.69, 9.17) is 0 Å². The first-order valence-corrected chi connectivity index (χ1v) is 7.95. The van der Waals surface area contributed by atoms with Crippen molar-refractivity contribution in [1.82, 2.24) is 10.2 Å². The lowest BCUT2D eigenvalue weighted by Crippen LogP contribution is -2.31. The zero-order chi connectivity index (χ0) is 15.7. The fourth-order valence-electron chi connectivity index (χ4n) is 3.31. The second-order valence-electron chi connectivity index (χ2n) is 6.38. The molecule has 1 aromatic rings. The highest BCUT2D eigenvalue weighted by Crippen LogP contribution is 2.37. The van der Waals surface area contributed by atoms with Crippen LogP contribution in [0, 0.1) is 0 Å². The monoisotopic (exact) mass is 301 g/mol. The van der Waals surface area contributed by atoms with Gasteiger partial charge in [0.15, 0.2) is 0 Å². The first kappa shape index (κ1) is 15.0. The lowest BCUT2D eigenvalue weighted by atomic mass is 9.96.